The summed E-state index contributed by atoms with van der Waals surface area (Å²) in [5.74, 6) is -0.179. The van der Waals surface area contributed by atoms with E-state index < -0.39 is 32.7 Å². The van der Waals surface area contributed by atoms with Gasteiger partial charge in [-0.1, -0.05) is 19.1 Å². The summed E-state index contributed by atoms with van der Waals surface area (Å²) in [6, 6.07) is 4.09. The highest BCUT2D eigenvalue weighted by Gasteiger charge is 2.28. The lowest BCUT2D eigenvalue weighted by molar-refractivity contribution is -0.117. The van der Waals surface area contributed by atoms with Crippen molar-refractivity contribution in [3.8, 4) is 0 Å². The number of anilines is 1. The van der Waals surface area contributed by atoms with E-state index in [9.17, 15) is 17.6 Å². The topological polar surface area (TPSA) is 88.2 Å². The number of nitrogens with one attached hydrogen (secondary N) is 2. The fourth-order valence-corrected chi connectivity index (χ4v) is 6.13. The number of thioether (sulfide) groups is 1. The van der Waals surface area contributed by atoms with Gasteiger partial charge in [0.2, 0.25) is 15.9 Å². The molecule has 0 fully saturated rings. The Bertz CT molecular complexity index is 978. The van der Waals surface area contributed by atoms with Crippen LogP contribution in [-0.4, -0.2) is 37.4 Å². The number of aryl methyl sites for hydroxylation is 1. The number of nitrogens with zero attached hydrogens (tertiary/aromatic N) is 1. The lowest BCUT2D eigenvalue weighted by atomic mass is 9.93. The van der Waals surface area contributed by atoms with Crippen LogP contribution >= 0.6 is 23.1 Å². The number of halogens is 1. The predicted octanol–water partition coefficient (Wildman–Crippen LogP) is 3.45. The predicted molar refractivity (Wildman–Crippen MR) is 115 cm³/mol. The Hall–Kier alpha value is -1.49. The van der Waals surface area contributed by atoms with Gasteiger partial charge in [0.05, 0.1) is 5.69 Å². The van der Waals surface area contributed by atoms with Crippen molar-refractivity contribution >= 4 is 44.2 Å². The molecule has 0 radical (unpaired) electrons. The Balaban J connectivity index is 1.76. The number of hydrogen-bond acceptors (Lipinski definition) is 6. The molecule has 2 atom stereocenters. The second-order valence-electron chi connectivity index (χ2n) is 7.11. The van der Waals surface area contributed by atoms with Crippen molar-refractivity contribution in [3.63, 3.8) is 0 Å². The van der Waals surface area contributed by atoms with Gasteiger partial charge in [0.25, 0.3) is 0 Å². The Morgan fingerprint density at radius 2 is 2.17 bits per heavy atom. The van der Waals surface area contributed by atoms with Crippen LogP contribution in [0.25, 0.3) is 0 Å². The number of hydrogen-bond donors (Lipinski definition) is 2. The minimum absolute atomic E-state index is 0.281. The Morgan fingerprint density at radius 1 is 1.41 bits per heavy atom. The number of amides is 1. The Kier molecular flexibility index (Phi) is 7.31. The minimum Gasteiger partial charge on any atom is -0.301 e. The van der Waals surface area contributed by atoms with Crippen LogP contribution in [0.2, 0.25) is 0 Å². The first-order valence-corrected chi connectivity index (χ1v) is 13.0. The van der Waals surface area contributed by atoms with Crippen LogP contribution in [0.15, 0.2) is 29.2 Å². The smallest absolute Gasteiger partial charge is 0.244 e. The van der Waals surface area contributed by atoms with Crippen molar-refractivity contribution < 1.29 is 17.6 Å². The molecule has 0 bridgehead atoms. The van der Waals surface area contributed by atoms with Crippen molar-refractivity contribution in [2.24, 2.45) is 5.92 Å². The molecule has 2 N–H and O–H groups in total. The number of carbonyl (C=O) groups excluding carboxylic acids is 1. The van der Waals surface area contributed by atoms with Crippen molar-refractivity contribution in [2.75, 3.05) is 17.3 Å². The van der Waals surface area contributed by atoms with Gasteiger partial charge < -0.3 is 5.32 Å². The van der Waals surface area contributed by atoms with Crippen molar-refractivity contribution in [3.05, 3.63) is 40.7 Å². The van der Waals surface area contributed by atoms with Crippen LogP contribution < -0.4 is 10.0 Å². The van der Waals surface area contributed by atoms with Gasteiger partial charge in [-0.15, -0.1) is 11.3 Å². The van der Waals surface area contributed by atoms with Crippen molar-refractivity contribution in [2.45, 2.75) is 43.5 Å². The molecule has 29 heavy (non-hydrogen) atoms. The quantitative estimate of drug-likeness (QED) is 0.634. The van der Waals surface area contributed by atoms with Gasteiger partial charge in [0, 0.05) is 4.88 Å². The summed E-state index contributed by atoms with van der Waals surface area (Å²) in [5.41, 5.74) is 1.01. The summed E-state index contributed by atoms with van der Waals surface area (Å²) in [5, 5.41) is 3.23. The summed E-state index contributed by atoms with van der Waals surface area (Å²) < 4.78 is 41.6. The zero-order valence-corrected chi connectivity index (χ0v) is 18.7. The molecule has 3 rings (SSSR count). The first kappa shape index (κ1) is 22.2. The van der Waals surface area contributed by atoms with Gasteiger partial charge in [-0.2, -0.15) is 16.5 Å². The average Bonchev–Trinajstić information content (AvgIpc) is 3.06. The fourth-order valence-electron chi connectivity index (χ4n) is 3.18. The van der Waals surface area contributed by atoms with E-state index in [1.165, 1.54) is 46.2 Å². The van der Waals surface area contributed by atoms with E-state index in [0.717, 1.165) is 31.0 Å². The van der Waals surface area contributed by atoms with Gasteiger partial charge in [0.15, 0.2) is 5.13 Å². The number of sulfonamides is 1. The Labute approximate surface area is 178 Å². The number of aromatic nitrogens is 1. The van der Waals surface area contributed by atoms with E-state index in [4.69, 9.17) is 0 Å². The molecule has 6 nitrogen and oxygen atoms in total. The molecule has 1 amide bonds. The molecule has 2 aromatic rings. The van der Waals surface area contributed by atoms with E-state index in [2.05, 4.69) is 21.9 Å². The molecule has 10 heteroatoms. The molecule has 1 heterocycles. The van der Waals surface area contributed by atoms with Gasteiger partial charge in [-0.05, 0) is 55.7 Å². The zero-order chi connectivity index (χ0) is 21.0. The number of benzene rings is 1. The van der Waals surface area contributed by atoms with Gasteiger partial charge in [-0.25, -0.2) is 17.8 Å². The molecular formula is C19H24FN3O3S3. The molecule has 158 valence electrons. The maximum atomic E-state index is 14.0. The highest BCUT2D eigenvalue weighted by atomic mass is 32.2. The van der Waals surface area contributed by atoms with E-state index in [0.29, 0.717) is 16.8 Å². The maximum Gasteiger partial charge on any atom is 0.244 e. The molecule has 0 unspecified atom stereocenters. The van der Waals surface area contributed by atoms with Crippen LogP contribution in [0.5, 0.6) is 0 Å². The van der Waals surface area contributed by atoms with Gasteiger partial charge >= 0.3 is 0 Å². The van der Waals surface area contributed by atoms with E-state index in [1.807, 2.05) is 6.26 Å². The highest BCUT2D eigenvalue weighted by Crippen LogP contribution is 2.32. The number of carbonyl (C=O) groups is 1. The van der Waals surface area contributed by atoms with Gasteiger partial charge in [0.1, 0.15) is 16.8 Å². The summed E-state index contributed by atoms with van der Waals surface area (Å²) >= 11 is 2.94. The van der Waals surface area contributed by atoms with E-state index in [1.54, 1.807) is 0 Å². The maximum absolute atomic E-state index is 14.0. The van der Waals surface area contributed by atoms with Crippen LogP contribution in [-0.2, 0) is 27.7 Å². The van der Waals surface area contributed by atoms with Crippen LogP contribution in [0.4, 0.5) is 9.52 Å². The van der Waals surface area contributed by atoms with E-state index in [-0.39, 0.29) is 6.42 Å². The molecule has 0 aliphatic heterocycles. The summed E-state index contributed by atoms with van der Waals surface area (Å²) in [6.07, 6.45) is 5.06. The number of rotatable bonds is 8. The SMILES string of the molecule is CSCC[C@H](NS(=O)(=O)c1ccccc1F)C(=O)Nc1nc2c(s1)C[C@H](C)CC2. The normalized spacial score (nSPS) is 17.6. The van der Waals surface area contributed by atoms with Gasteiger partial charge in [-0.3, -0.25) is 4.79 Å². The van der Waals surface area contributed by atoms with Crippen LogP contribution in [0, 0.1) is 11.7 Å². The number of thiazole rings is 1. The molecule has 0 saturated carbocycles. The molecule has 1 aliphatic rings. The second kappa shape index (κ2) is 9.55. The Morgan fingerprint density at radius 3 is 2.90 bits per heavy atom. The second-order valence-corrected chi connectivity index (χ2v) is 10.9. The first-order valence-electron chi connectivity index (χ1n) is 9.35. The molecule has 0 saturated heterocycles. The third-order valence-corrected chi connectivity index (χ3v) is 7.95. The largest absolute Gasteiger partial charge is 0.301 e. The zero-order valence-electron chi connectivity index (χ0n) is 16.3. The number of fused-ring (bicyclic) bond motifs is 1. The standard InChI is InChI=1S/C19H24FN3O3S3/c1-12-7-8-14-16(11-12)28-19(21-14)22-18(24)15(9-10-27-2)23-29(25,26)17-6-4-3-5-13(17)20/h3-6,12,15,23H,7-11H2,1-2H3,(H,21,22,24)/t12-,15+/m1/s1. The summed E-state index contributed by atoms with van der Waals surface area (Å²) in [7, 11) is -4.18. The van der Waals surface area contributed by atoms with Crippen molar-refractivity contribution in [1.82, 2.24) is 9.71 Å². The van der Waals surface area contributed by atoms with E-state index >= 15 is 0 Å². The lowest BCUT2D eigenvalue weighted by Gasteiger charge is -2.17. The average molecular weight is 458 g/mol. The molecular weight excluding hydrogens is 433 g/mol. The molecule has 1 aromatic heterocycles. The third-order valence-electron chi connectivity index (χ3n) is 4.77. The fraction of sp³-hybridized carbons (Fsp3) is 0.474. The molecule has 0 spiro atoms. The minimum atomic E-state index is -4.18. The highest BCUT2D eigenvalue weighted by molar-refractivity contribution is 7.98. The monoisotopic (exact) mass is 457 g/mol. The molecule has 1 aromatic carbocycles. The summed E-state index contributed by atoms with van der Waals surface area (Å²) in [6.45, 7) is 2.19. The third kappa shape index (κ3) is 5.56. The molecule has 1 aliphatic carbocycles. The van der Waals surface area contributed by atoms with Crippen LogP contribution in [0.1, 0.15) is 30.3 Å². The first-order chi connectivity index (χ1) is 13.8. The summed E-state index contributed by atoms with van der Waals surface area (Å²) in [4.78, 5) is 18.0. The van der Waals surface area contributed by atoms with Crippen molar-refractivity contribution in [1.29, 1.82) is 0 Å². The van der Waals surface area contributed by atoms with Crippen LogP contribution in [0.3, 0.4) is 0 Å². The lowest BCUT2D eigenvalue weighted by Crippen LogP contribution is -2.44.